The Hall–Kier alpha value is -2.27. The molecule has 0 bridgehead atoms. The van der Waals surface area contributed by atoms with E-state index in [-0.39, 0.29) is 11.9 Å². The third kappa shape index (κ3) is 2.52. The zero-order valence-electron chi connectivity index (χ0n) is 12.0. The van der Waals surface area contributed by atoms with Crippen LogP contribution in [0.4, 0.5) is 4.39 Å². The molecule has 1 atom stereocenters. The van der Waals surface area contributed by atoms with Gasteiger partial charge < -0.3 is 5.32 Å². The van der Waals surface area contributed by atoms with E-state index in [9.17, 15) is 4.39 Å². The average molecular weight is 284 g/mol. The van der Waals surface area contributed by atoms with E-state index in [1.807, 2.05) is 42.9 Å². The Balaban J connectivity index is 2.16. The van der Waals surface area contributed by atoms with Gasteiger partial charge in [-0.15, -0.1) is 0 Å². The van der Waals surface area contributed by atoms with Crippen LogP contribution in [0.5, 0.6) is 0 Å². The van der Waals surface area contributed by atoms with Gasteiger partial charge in [0.1, 0.15) is 5.82 Å². The number of benzene rings is 1. The number of aromatic nitrogens is 3. The van der Waals surface area contributed by atoms with Crippen LogP contribution in [0.25, 0.3) is 10.9 Å². The molecule has 0 radical (unpaired) electrons. The van der Waals surface area contributed by atoms with E-state index in [2.05, 4.69) is 15.4 Å². The molecule has 0 aliphatic rings. The predicted molar refractivity (Wildman–Crippen MR) is 80.4 cm³/mol. The largest absolute Gasteiger partial charge is 0.305 e. The van der Waals surface area contributed by atoms with Crippen LogP contribution in [-0.2, 0) is 7.05 Å². The Kier molecular flexibility index (Phi) is 3.66. The van der Waals surface area contributed by atoms with Crippen molar-refractivity contribution in [3.63, 3.8) is 0 Å². The van der Waals surface area contributed by atoms with Gasteiger partial charge in [0.25, 0.3) is 0 Å². The molecule has 2 aromatic heterocycles. The summed E-state index contributed by atoms with van der Waals surface area (Å²) in [6, 6.07) is 9.36. The summed E-state index contributed by atoms with van der Waals surface area (Å²) in [5.74, 6) is -0.337. The highest BCUT2D eigenvalue weighted by Gasteiger charge is 2.20. The second-order valence-electron chi connectivity index (χ2n) is 4.95. The fourth-order valence-corrected chi connectivity index (χ4v) is 2.62. The SMILES string of the molecule is CCNC(c1cncc(F)c1)c1nn(C)c2ccccc12. The highest BCUT2D eigenvalue weighted by Crippen LogP contribution is 2.27. The molecule has 0 amide bonds. The topological polar surface area (TPSA) is 42.7 Å². The summed E-state index contributed by atoms with van der Waals surface area (Å²) in [6.45, 7) is 2.77. The van der Waals surface area contributed by atoms with Crippen molar-refractivity contribution in [2.45, 2.75) is 13.0 Å². The first kappa shape index (κ1) is 13.7. The molecule has 0 fully saturated rings. The number of hydrogen-bond acceptors (Lipinski definition) is 3. The number of rotatable bonds is 4. The van der Waals surface area contributed by atoms with Gasteiger partial charge in [-0.05, 0) is 24.2 Å². The molecule has 4 nitrogen and oxygen atoms in total. The van der Waals surface area contributed by atoms with Gasteiger partial charge >= 0.3 is 0 Å². The van der Waals surface area contributed by atoms with Crippen molar-refractivity contribution >= 4 is 10.9 Å². The maximum absolute atomic E-state index is 13.5. The molecule has 0 aliphatic heterocycles. The van der Waals surface area contributed by atoms with E-state index in [0.717, 1.165) is 28.7 Å². The second kappa shape index (κ2) is 5.61. The van der Waals surface area contributed by atoms with Gasteiger partial charge in [-0.25, -0.2) is 4.39 Å². The number of fused-ring (bicyclic) bond motifs is 1. The fraction of sp³-hybridized carbons (Fsp3) is 0.250. The van der Waals surface area contributed by atoms with Gasteiger partial charge in [0, 0.05) is 18.6 Å². The molecule has 108 valence electrons. The first-order valence-electron chi connectivity index (χ1n) is 6.96. The monoisotopic (exact) mass is 284 g/mol. The number of halogens is 1. The van der Waals surface area contributed by atoms with Crippen molar-refractivity contribution in [3.05, 3.63) is 59.8 Å². The first-order chi connectivity index (χ1) is 10.2. The number of nitrogens with zero attached hydrogens (tertiary/aromatic N) is 3. The second-order valence-corrected chi connectivity index (χ2v) is 4.95. The van der Waals surface area contributed by atoms with Crippen LogP contribution in [-0.4, -0.2) is 21.3 Å². The molecule has 1 N–H and O–H groups in total. The highest BCUT2D eigenvalue weighted by molar-refractivity contribution is 5.82. The normalized spacial score (nSPS) is 12.7. The minimum atomic E-state index is -0.337. The zero-order valence-corrected chi connectivity index (χ0v) is 12.0. The van der Waals surface area contributed by atoms with E-state index in [1.54, 1.807) is 6.20 Å². The van der Waals surface area contributed by atoms with Crippen LogP contribution in [0.3, 0.4) is 0 Å². The van der Waals surface area contributed by atoms with Crippen LogP contribution in [0.15, 0.2) is 42.7 Å². The van der Waals surface area contributed by atoms with Crippen molar-refractivity contribution in [3.8, 4) is 0 Å². The first-order valence-corrected chi connectivity index (χ1v) is 6.96. The number of para-hydroxylation sites is 1. The molecule has 1 aromatic carbocycles. The molecule has 1 unspecified atom stereocenters. The molecule has 0 saturated carbocycles. The summed E-state index contributed by atoms with van der Waals surface area (Å²) in [6.07, 6.45) is 2.89. The average Bonchev–Trinajstić information content (AvgIpc) is 2.82. The Morgan fingerprint density at radius 2 is 2.10 bits per heavy atom. The lowest BCUT2D eigenvalue weighted by molar-refractivity contribution is 0.583. The van der Waals surface area contributed by atoms with Gasteiger partial charge in [-0.3, -0.25) is 9.67 Å². The van der Waals surface area contributed by atoms with Crippen molar-refractivity contribution < 1.29 is 4.39 Å². The molecular weight excluding hydrogens is 267 g/mol. The summed E-state index contributed by atoms with van der Waals surface area (Å²) in [7, 11) is 1.92. The van der Waals surface area contributed by atoms with Crippen LogP contribution in [0.2, 0.25) is 0 Å². The highest BCUT2D eigenvalue weighted by atomic mass is 19.1. The number of pyridine rings is 1. The lowest BCUT2D eigenvalue weighted by atomic mass is 10.0. The summed E-state index contributed by atoms with van der Waals surface area (Å²) in [4.78, 5) is 3.95. The van der Waals surface area contributed by atoms with Crippen LogP contribution >= 0.6 is 0 Å². The summed E-state index contributed by atoms with van der Waals surface area (Å²) in [5, 5.41) is 9.05. The molecule has 3 rings (SSSR count). The summed E-state index contributed by atoms with van der Waals surface area (Å²) < 4.78 is 15.3. The minimum absolute atomic E-state index is 0.177. The summed E-state index contributed by atoms with van der Waals surface area (Å²) >= 11 is 0. The van der Waals surface area contributed by atoms with E-state index in [4.69, 9.17) is 0 Å². The molecule has 0 saturated heterocycles. The Bertz CT molecular complexity index is 766. The zero-order chi connectivity index (χ0) is 14.8. The van der Waals surface area contributed by atoms with Crippen LogP contribution in [0, 0.1) is 5.82 Å². The molecule has 0 spiro atoms. The Labute approximate surface area is 122 Å². The van der Waals surface area contributed by atoms with Gasteiger partial charge in [0.15, 0.2) is 0 Å². The molecule has 2 heterocycles. The number of hydrogen-bond donors (Lipinski definition) is 1. The summed E-state index contributed by atoms with van der Waals surface area (Å²) in [5.41, 5.74) is 2.72. The van der Waals surface area contributed by atoms with E-state index in [0.29, 0.717) is 0 Å². The predicted octanol–water partition coefficient (Wildman–Crippen LogP) is 2.81. The molecule has 21 heavy (non-hydrogen) atoms. The van der Waals surface area contributed by atoms with E-state index < -0.39 is 0 Å². The fourth-order valence-electron chi connectivity index (χ4n) is 2.62. The maximum atomic E-state index is 13.5. The number of aryl methyl sites for hydroxylation is 1. The number of nitrogens with one attached hydrogen (secondary N) is 1. The van der Waals surface area contributed by atoms with E-state index >= 15 is 0 Å². The molecule has 0 aliphatic carbocycles. The van der Waals surface area contributed by atoms with Crippen molar-refractivity contribution in [1.29, 1.82) is 0 Å². The van der Waals surface area contributed by atoms with Crippen molar-refractivity contribution in [2.24, 2.45) is 7.05 Å². The molecular formula is C16H17FN4. The maximum Gasteiger partial charge on any atom is 0.141 e. The van der Waals surface area contributed by atoms with E-state index in [1.165, 1.54) is 12.3 Å². The Morgan fingerprint density at radius 1 is 1.29 bits per heavy atom. The van der Waals surface area contributed by atoms with Gasteiger partial charge in [0.05, 0.1) is 23.4 Å². The standard InChI is InChI=1S/C16H17FN4/c1-3-19-15(11-8-12(17)10-18-9-11)16-13-6-4-5-7-14(13)21(2)20-16/h4-10,15,19H,3H2,1-2H3. The Morgan fingerprint density at radius 3 is 2.86 bits per heavy atom. The minimum Gasteiger partial charge on any atom is -0.305 e. The third-order valence-electron chi connectivity index (χ3n) is 3.53. The lowest BCUT2D eigenvalue weighted by Crippen LogP contribution is -2.23. The van der Waals surface area contributed by atoms with Crippen LogP contribution in [0.1, 0.15) is 24.2 Å². The smallest absolute Gasteiger partial charge is 0.141 e. The molecule has 5 heteroatoms. The van der Waals surface area contributed by atoms with Crippen LogP contribution < -0.4 is 5.32 Å². The molecule has 3 aromatic rings. The van der Waals surface area contributed by atoms with Crippen molar-refractivity contribution in [1.82, 2.24) is 20.1 Å². The quantitative estimate of drug-likeness (QED) is 0.801. The van der Waals surface area contributed by atoms with Gasteiger partial charge in [-0.2, -0.15) is 5.10 Å². The van der Waals surface area contributed by atoms with Gasteiger partial charge in [-0.1, -0.05) is 25.1 Å². The van der Waals surface area contributed by atoms with Gasteiger partial charge in [0.2, 0.25) is 0 Å². The lowest BCUT2D eigenvalue weighted by Gasteiger charge is -2.16. The third-order valence-corrected chi connectivity index (χ3v) is 3.53. The van der Waals surface area contributed by atoms with Crippen molar-refractivity contribution in [2.75, 3.05) is 6.54 Å².